The highest BCUT2D eigenvalue weighted by Gasteiger charge is 2.08. The average molecular weight is 277 g/mol. The second-order valence-electron chi connectivity index (χ2n) is 3.78. The maximum atomic E-state index is 9.91. The van der Waals surface area contributed by atoms with Crippen LogP contribution in [0, 0.1) is 0 Å². The van der Waals surface area contributed by atoms with Gasteiger partial charge in [-0.3, -0.25) is 5.43 Å². The number of anilines is 1. The van der Waals surface area contributed by atoms with Crippen molar-refractivity contribution >= 4 is 23.5 Å². The lowest BCUT2D eigenvalue weighted by Crippen LogP contribution is -1.92. The van der Waals surface area contributed by atoms with E-state index in [1.807, 2.05) is 30.3 Å². The van der Waals surface area contributed by atoms with Gasteiger partial charge in [0.15, 0.2) is 11.5 Å². The fraction of sp³-hybridized carbons (Fsp3) is 0.0714. The lowest BCUT2D eigenvalue weighted by molar-refractivity contribution is 0.373. The second-order valence-corrected chi connectivity index (χ2v) is 4.22. The van der Waals surface area contributed by atoms with Gasteiger partial charge in [-0.05, 0) is 18.2 Å². The van der Waals surface area contributed by atoms with Crippen molar-refractivity contribution in [2.45, 2.75) is 0 Å². The molecule has 0 unspecified atom stereocenters. The van der Waals surface area contributed by atoms with Crippen molar-refractivity contribution in [1.29, 1.82) is 0 Å². The normalized spacial score (nSPS) is 10.6. The van der Waals surface area contributed by atoms with E-state index in [4.69, 9.17) is 16.3 Å². The molecule has 4 nitrogen and oxygen atoms in total. The van der Waals surface area contributed by atoms with Crippen molar-refractivity contribution in [1.82, 2.24) is 0 Å². The summed E-state index contributed by atoms with van der Waals surface area (Å²) in [7, 11) is 1.47. The third kappa shape index (κ3) is 3.39. The SMILES string of the molecule is COc1cc(Cl)cc(/C=N/Nc2ccccc2)c1O. The number of para-hydroxylation sites is 1. The number of halogens is 1. The van der Waals surface area contributed by atoms with Crippen molar-refractivity contribution in [3.8, 4) is 11.5 Å². The number of aromatic hydroxyl groups is 1. The third-order valence-corrected chi connectivity index (χ3v) is 2.68. The van der Waals surface area contributed by atoms with Crippen LogP contribution in [0.4, 0.5) is 5.69 Å². The first-order valence-electron chi connectivity index (χ1n) is 5.61. The molecule has 0 atom stereocenters. The molecule has 0 amide bonds. The van der Waals surface area contributed by atoms with Crippen LogP contribution in [-0.4, -0.2) is 18.4 Å². The van der Waals surface area contributed by atoms with Crippen LogP contribution in [0.1, 0.15) is 5.56 Å². The molecule has 2 rings (SSSR count). The Bertz CT molecular complexity index is 585. The lowest BCUT2D eigenvalue weighted by atomic mass is 10.2. The third-order valence-electron chi connectivity index (χ3n) is 2.46. The van der Waals surface area contributed by atoms with E-state index in [0.717, 1.165) is 5.69 Å². The van der Waals surface area contributed by atoms with Crippen molar-refractivity contribution in [3.05, 3.63) is 53.1 Å². The highest BCUT2D eigenvalue weighted by molar-refractivity contribution is 6.31. The molecular formula is C14H13ClN2O2. The fourth-order valence-corrected chi connectivity index (χ4v) is 1.75. The van der Waals surface area contributed by atoms with Gasteiger partial charge in [-0.25, -0.2) is 0 Å². The molecule has 2 aromatic rings. The smallest absolute Gasteiger partial charge is 0.166 e. The van der Waals surface area contributed by atoms with E-state index in [1.54, 1.807) is 12.1 Å². The van der Waals surface area contributed by atoms with Crippen molar-refractivity contribution in [3.63, 3.8) is 0 Å². The van der Waals surface area contributed by atoms with E-state index in [2.05, 4.69) is 10.5 Å². The topological polar surface area (TPSA) is 53.8 Å². The van der Waals surface area contributed by atoms with Crippen LogP contribution in [0.15, 0.2) is 47.6 Å². The van der Waals surface area contributed by atoms with Gasteiger partial charge < -0.3 is 9.84 Å². The molecule has 0 radical (unpaired) electrons. The number of hydrazone groups is 1. The van der Waals surface area contributed by atoms with Crippen LogP contribution in [0.3, 0.4) is 0 Å². The largest absolute Gasteiger partial charge is 0.504 e. The number of hydrogen-bond donors (Lipinski definition) is 2. The summed E-state index contributed by atoms with van der Waals surface area (Å²) in [5, 5.41) is 14.4. The summed E-state index contributed by atoms with van der Waals surface area (Å²) >= 11 is 5.92. The standard InChI is InChI=1S/C14H13ClN2O2/c1-19-13-8-11(15)7-10(14(13)18)9-16-17-12-5-3-2-4-6-12/h2-9,17-18H,1H3/b16-9+. The van der Waals surface area contributed by atoms with Gasteiger partial charge in [0.05, 0.1) is 19.0 Å². The number of nitrogens with one attached hydrogen (secondary N) is 1. The molecule has 98 valence electrons. The van der Waals surface area contributed by atoms with Gasteiger partial charge in [-0.1, -0.05) is 29.8 Å². The summed E-state index contributed by atoms with van der Waals surface area (Å²) in [4.78, 5) is 0. The summed E-state index contributed by atoms with van der Waals surface area (Å²) in [5.74, 6) is 0.319. The maximum Gasteiger partial charge on any atom is 0.166 e. The Kier molecular flexibility index (Phi) is 4.26. The maximum absolute atomic E-state index is 9.91. The van der Waals surface area contributed by atoms with Crippen LogP contribution in [0.2, 0.25) is 5.02 Å². The summed E-state index contributed by atoms with van der Waals surface area (Å²) in [6.45, 7) is 0. The number of methoxy groups -OCH3 is 1. The lowest BCUT2D eigenvalue weighted by Gasteiger charge is -2.06. The van der Waals surface area contributed by atoms with E-state index < -0.39 is 0 Å². The van der Waals surface area contributed by atoms with Crippen LogP contribution in [0.25, 0.3) is 0 Å². The molecule has 0 saturated heterocycles. The Hall–Kier alpha value is -2.20. The molecule has 5 heteroatoms. The zero-order chi connectivity index (χ0) is 13.7. The van der Waals surface area contributed by atoms with Gasteiger partial charge in [0.2, 0.25) is 0 Å². The first-order valence-corrected chi connectivity index (χ1v) is 5.99. The van der Waals surface area contributed by atoms with Crippen LogP contribution < -0.4 is 10.2 Å². The molecule has 2 aromatic carbocycles. The molecule has 0 aliphatic heterocycles. The second kappa shape index (κ2) is 6.11. The van der Waals surface area contributed by atoms with Gasteiger partial charge in [-0.2, -0.15) is 5.10 Å². The average Bonchev–Trinajstić information content (AvgIpc) is 2.43. The van der Waals surface area contributed by atoms with Crippen LogP contribution >= 0.6 is 11.6 Å². The summed E-state index contributed by atoms with van der Waals surface area (Å²) in [6, 6.07) is 12.6. The monoisotopic (exact) mass is 276 g/mol. The Morgan fingerprint density at radius 2 is 2.00 bits per heavy atom. The highest BCUT2D eigenvalue weighted by atomic mass is 35.5. The molecule has 0 saturated carbocycles. The predicted octanol–water partition coefficient (Wildman–Crippen LogP) is 3.50. The minimum atomic E-state index is 0.00510. The Labute approximate surface area is 116 Å². The Morgan fingerprint density at radius 1 is 1.26 bits per heavy atom. The van der Waals surface area contributed by atoms with Crippen LogP contribution in [-0.2, 0) is 0 Å². The molecule has 0 aliphatic carbocycles. The summed E-state index contributed by atoms with van der Waals surface area (Å²) < 4.78 is 5.01. The van der Waals surface area contributed by atoms with Gasteiger partial charge in [0.1, 0.15) is 0 Å². The van der Waals surface area contributed by atoms with Gasteiger partial charge in [0.25, 0.3) is 0 Å². The fourth-order valence-electron chi connectivity index (χ4n) is 1.54. The first kappa shape index (κ1) is 13.2. The Balaban J connectivity index is 2.17. The van der Waals surface area contributed by atoms with E-state index in [0.29, 0.717) is 16.3 Å². The number of ether oxygens (including phenoxy) is 1. The molecule has 0 aromatic heterocycles. The molecule has 19 heavy (non-hydrogen) atoms. The number of hydrogen-bond acceptors (Lipinski definition) is 4. The minimum Gasteiger partial charge on any atom is -0.504 e. The summed E-state index contributed by atoms with van der Waals surface area (Å²) in [6.07, 6.45) is 1.48. The van der Waals surface area contributed by atoms with Crippen LogP contribution in [0.5, 0.6) is 11.5 Å². The zero-order valence-corrected chi connectivity index (χ0v) is 11.1. The molecule has 0 spiro atoms. The van der Waals surface area contributed by atoms with Gasteiger partial charge >= 0.3 is 0 Å². The van der Waals surface area contributed by atoms with E-state index >= 15 is 0 Å². The van der Waals surface area contributed by atoms with E-state index in [9.17, 15) is 5.11 Å². The highest BCUT2D eigenvalue weighted by Crippen LogP contribution is 2.32. The first-order chi connectivity index (χ1) is 9.20. The van der Waals surface area contributed by atoms with Crippen molar-refractivity contribution in [2.24, 2.45) is 5.10 Å². The quantitative estimate of drug-likeness (QED) is 0.664. The zero-order valence-electron chi connectivity index (χ0n) is 10.3. The molecule has 0 heterocycles. The number of benzene rings is 2. The number of phenolic OH excluding ortho intramolecular Hbond substituents is 1. The molecule has 0 aliphatic rings. The molecule has 0 fully saturated rings. The number of nitrogens with zero attached hydrogens (tertiary/aromatic N) is 1. The molecule has 0 bridgehead atoms. The number of phenols is 1. The van der Waals surface area contributed by atoms with E-state index in [1.165, 1.54) is 13.3 Å². The van der Waals surface area contributed by atoms with E-state index in [-0.39, 0.29) is 5.75 Å². The number of rotatable bonds is 4. The van der Waals surface area contributed by atoms with Crippen molar-refractivity contribution in [2.75, 3.05) is 12.5 Å². The predicted molar refractivity (Wildman–Crippen MR) is 77.3 cm³/mol. The Morgan fingerprint density at radius 3 is 2.68 bits per heavy atom. The minimum absolute atomic E-state index is 0.00510. The molecule has 2 N–H and O–H groups in total. The molecular weight excluding hydrogens is 264 g/mol. The van der Waals surface area contributed by atoms with Crippen molar-refractivity contribution < 1.29 is 9.84 Å². The summed E-state index contributed by atoms with van der Waals surface area (Å²) in [5.41, 5.74) is 4.19. The van der Waals surface area contributed by atoms with Gasteiger partial charge in [-0.15, -0.1) is 0 Å². The van der Waals surface area contributed by atoms with Gasteiger partial charge in [0, 0.05) is 16.7 Å².